The van der Waals surface area contributed by atoms with Crippen molar-refractivity contribution in [3.8, 4) is 0 Å². The van der Waals surface area contributed by atoms with E-state index in [2.05, 4.69) is 10.2 Å². The van der Waals surface area contributed by atoms with Gasteiger partial charge in [-0.2, -0.15) is 11.8 Å². The highest BCUT2D eigenvalue weighted by molar-refractivity contribution is 7.99. The largest absolute Gasteiger partial charge is 0.424 e. The van der Waals surface area contributed by atoms with Crippen LogP contribution in [0, 0.1) is 0 Å². The first kappa shape index (κ1) is 9.02. The quantitative estimate of drug-likeness (QED) is 0.773. The third-order valence-electron chi connectivity index (χ3n) is 2.17. The van der Waals surface area contributed by atoms with Gasteiger partial charge in [0.15, 0.2) is 0 Å². The fourth-order valence-corrected chi connectivity index (χ4v) is 2.58. The van der Waals surface area contributed by atoms with E-state index >= 15 is 0 Å². The van der Waals surface area contributed by atoms with Gasteiger partial charge in [-0.3, -0.25) is 0 Å². The van der Waals surface area contributed by atoms with Crippen LogP contribution >= 0.6 is 11.8 Å². The van der Waals surface area contributed by atoms with Gasteiger partial charge in [0.1, 0.15) is 0 Å². The first-order valence-electron chi connectivity index (χ1n) is 4.50. The summed E-state index contributed by atoms with van der Waals surface area (Å²) >= 11 is 1.96. The number of nitrogens with two attached hydrogens (primary N) is 1. The first-order valence-corrected chi connectivity index (χ1v) is 5.65. The lowest BCUT2D eigenvalue weighted by atomic mass is 10.1. The van der Waals surface area contributed by atoms with Crippen molar-refractivity contribution in [2.24, 2.45) is 5.73 Å². The molecule has 0 saturated carbocycles. The summed E-state index contributed by atoms with van der Waals surface area (Å²) in [4.78, 5) is 0. The van der Waals surface area contributed by atoms with E-state index in [1.807, 2.05) is 11.8 Å². The minimum Gasteiger partial charge on any atom is -0.424 e. The first-order chi connectivity index (χ1) is 6.40. The van der Waals surface area contributed by atoms with Gasteiger partial charge in [-0.25, -0.2) is 0 Å². The maximum absolute atomic E-state index is 5.41. The Balaban J connectivity index is 2.05. The Morgan fingerprint density at radius 2 is 2.46 bits per heavy atom. The zero-order valence-corrected chi connectivity index (χ0v) is 8.22. The highest BCUT2D eigenvalue weighted by Gasteiger charge is 2.21. The van der Waals surface area contributed by atoms with Crippen LogP contribution < -0.4 is 5.73 Å². The zero-order valence-electron chi connectivity index (χ0n) is 7.40. The van der Waals surface area contributed by atoms with Crippen molar-refractivity contribution >= 4 is 11.8 Å². The normalized spacial score (nSPS) is 23.3. The standard InChI is InChI=1S/C8H13N3OS/c9-4-7-10-11-8(12-7)6-2-1-3-13-5-6/h6H,1-5,9H2. The maximum atomic E-state index is 5.41. The molecule has 1 aromatic rings. The molecular weight excluding hydrogens is 186 g/mol. The van der Waals surface area contributed by atoms with Gasteiger partial charge >= 0.3 is 0 Å². The van der Waals surface area contributed by atoms with Crippen LogP contribution in [-0.4, -0.2) is 21.7 Å². The molecule has 1 unspecified atom stereocenters. The molecule has 1 aliphatic heterocycles. The van der Waals surface area contributed by atoms with Crippen LogP contribution in [0.25, 0.3) is 0 Å². The Morgan fingerprint density at radius 1 is 1.54 bits per heavy atom. The summed E-state index contributed by atoms with van der Waals surface area (Å²) in [6.07, 6.45) is 2.41. The number of nitrogens with zero attached hydrogens (tertiary/aromatic N) is 2. The smallest absolute Gasteiger partial charge is 0.230 e. The molecule has 0 amide bonds. The monoisotopic (exact) mass is 199 g/mol. The van der Waals surface area contributed by atoms with Gasteiger partial charge in [-0.05, 0) is 18.6 Å². The van der Waals surface area contributed by atoms with Crippen molar-refractivity contribution in [1.29, 1.82) is 0 Å². The van der Waals surface area contributed by atoms with E-state index in [1.54, 1.807) is 0 Å². The van der Waals surface area contributed by atoms with Crippen molar-refractivity contribution in [2.45, 2.75) is 25.3 Å². The maximum Gasteiger partial charge on any atom is 0.230 e. The van der Waals surface area contributed by atoms with Crippen molar-refractivity contribution in [3.63, 3.8) is 0 Å². The third kappa shape index (κ3) is 2.03. The van der Waals surface area contributed by atoms with Crippen molar-refractivity contribution in [1.82, 2.24) is 10.2 Å². The molecule has 1 aromatic heterocycles. The predicted octanol–water partition coefficient (Wildman–Crippen LogP) is 1.14. The second kappa shape index (κ2) is 4.11. The van der Waals surface area contributed by atoms with Gasteiger partial charge < -0.3 is 10.2 Å². The Labute approximate surface area is 81.3 Å². The number of aromatic nitrogens is 2. The van der Waals surface area contributed by atoms with E-state index in [9.17, 15) is 0 Å². The Hall–Kier alpha value is -0.550. The topological polar surface area (TPSA) is 64.9 Å². The van der Waals surface area contributed by atoms with Gasteiger partial charge in [0.2, 0.25) is 11.8 Å². The lowest BCUT2D eigenvalue weighted by Crippen LogP contribution is -2.08. The molecule has 0 bridgehead atoms. The lowest BCUT2D eigenvalue weighted by molar-refractivity contribution is 0.414. The van der Waals surface area contributed by atoms with Crippen LogP contribution in [0.2, 0.25) is 0 Å². The highest BCUT2D eigenvalue weighted by Crippen LogP contribution is 2.30. The molecular formula is C8H13N3OS. The van der Waals surface area contributed by atoms with E-state index in [1.165, 1.54) is 18.6 Å². The minimum absolute atomic E-state index is 0.340. The van der Waals surface area contributed by atoms with Gasteiger partial charge in [0, 0.05) is 11.7 Å². The summed E-state index contributed by atoms with van der Waals surface area (Å²) in [5.41, 5.74) is 5.39. The number of thioether (sulfide) groups is 1. The summed E-state index contributed by atoms with van der Waals surface area (Å²) in [6, 6.07) is 0. The molecule has 13 heavy (non-hydrogen) atoms. The predicted molar refractivity (Wildman–Crippen MR) is 51.5 cm³/mol. The van der Waals surface area contributed by atoms with Crippen LogP contribution in [-0.2, 0) is 6.54 Å². The fraction of sp³-hybridized carbons (Fsp3) is 0.750. The van der Waals surface area contributed by atoms with Crippen LogP contribution in [0.3, 0.4) is 0 Å². The second-order valence-corrected chi connectivity index (χ2v) is 4.30. The Bertz CT molecular complexity index is 270. The molecule has 0 radical (unpaired) electrons. The molecule has 2 N–H and O–H groups in total. The Morgan fingerprint density at radius 3 is 3.08 bits per heavy atom. The molecule has 4 nitrogen and oxygen atoms in total. The molecule has 1 saturated heterocycles. The van der Waals surface area contributed by atoms with E-state index in [0.717, 1.165) is 11.6 Å². The van der Waals surface area contributed by atoms with Crippen molar-refractivity contribution < 1.29 is 4.42 Å². The van der Waals surface area contributed by atoms with Gasteiger partial charge in [0.25, 0.3) is 0 Å². The highest BCUT2D eigenvalue weighted by atomic mass is 32.2. The minimum atomic E-state index is 0.340. The van der Waals surface area contributed by atoms with Crippen molar-refractivity contribution in [2.75, 3.05) is 11.5 Å². The molecule has 5 heteroatoms. The average Bonchev–Trinajstić information content (AvgIpc) is 2.67. The summed E-state index contributed by atoms with van der Waals surface area (Å²) in [5.74, 6) is 4.13. The molecule has 1 aliphatic rings. The van der Waals surface area contributed by atoms with E-state index in [-0.39, 0.29) is 0 Å². The van der Waals surface area contributed by atoms with Crippen LogP contribution in [0.15, 0.2) is 4.42 Å². The molecule has 72 valence electrons. The number of rotatable bonds is 2. The van der Waals surface area contributed by atoms with Gasteiger partial charge in [-0.1, -0.05) is 0 Å². The zero-order chi connectivity index (χ0) is 9.10. The van der Waals surface area contributed by atoms with E-state index in [0.29, 0.717) is 18.4 Å². The third-order valence-corrected chi connectivity index (χ3v) is 3.38. The number of hydrogen-bond donors (Lipinski definition) is 1. The van der Waals surface area contributed by atoms with E-state index < -0.39 is 0 Å². The summed E-state index contributed by atoms with van der Waals surface area (Å²) in [5, 5.41) is 7.86. The summed E-state index contributed by atoms with van der Waals surface area (Å²) in [6.45, 7) is 0.340. The fourth-order valence-electron chi connectivity index (χ4n) is 1.45. The molecule has 2 heterocycles. The Kier molecular flexibility index (Phi) is 2.85. The van der Waals surface area contributed by atoms with Gasteiger partial charge in [-0.15, -0.1) is 10.2 Å². The molecule has 0 aromatic carbocycles. The molecule has 2 rings (SSSR count). The summed E-state index contributed by atoms with van der Waals surface area (Å²) < 4.78 is 5.41. The molecule has 0 spiro atoms. The molecule has 0 aliphatic carbocycles. The molecule has 1 fully saturated rings. The second-order valence-electron chi connectivity index (χ2n) is 3.15. The number of hydrogen-bond acceptors (Lipinski definition) is 5. The van der Waals surface area contributed by atoms with Crippen molar-refractivity contribution in [3.05, 3.63) is 11.8 Å². The van der Waals surface area contributed by atoms with E-state index in [4.69, 9.17) is 10.2 Å². The summed E-state index contributed by atoms with van der Waals surface area (Å²) in [7, 11) is 0. The SMILES string of the molecule is NCc1nnc(C2CCCSC2)o1. The van der Waals surface area contributed by atoms with Crippen LogP contribution in [0.5, 0.6) is 0 Å². The van der Waals surface area contributed by atoms with Crippen LogP contribution in [0.4, 0.5) is 0 Å². The van der Waals surface area contributed by atoms with Gasteiger partial charge in [0.05, 0.1) is 6.54 Å². The average molecular weight is 199 g/mol. The molecule has 1 atom stereocenters. The lowest BCUT2D eigenvalue weighted by Gasteiger charge is -2.17. The van der Waals surface area contributed by atoms with Crippen LogP contribution in [0.1, 0.15) is 30.5 Å².